The lowest BCUT2D eigenvalue weighted by Gasteiger charge is -2.13. The van der Waals surface area contributed by atoms with E-state index < -0.39 is 0 Å². The SMILES string of the molecule is CCC(C)NC(N)=NCCC(C)c1ccc(OC)cc1. The van der Waals surface area contributed by atoms with Gasteiger partial charge in [0.05, 0.1) is 7.11 Å². The van der Waals surface area contributed by atoms with Gasteiger partial charge in [-0.25, -0.2) is 0 Å². The molecule has 0 radical (unpaired) electrons. The topological polar surface area (TPSA) is 59.6 Å². The summed E-state index contributed by atoms with van der Waals surface area (Å²) >= 11 is 0. The van der Waals surface area contributed by atoms with Gasteiger partial charge in [0.25, 0.3) is 0 Å². The minimum atomic E-state index is 0.373. The van der Waals surface area contributed by atoms with Crippen LogP contribution in [0.5, 0.6) is 5.75 Å². The number of aliphatic imine (C=N–C) groups is 1. The molecule has 1 aromatic carbocycles. The zero-order chi connectivity index (χ0) is 15.0. The lowest BCUT2D eigenvalue weighted by Crippen LogP contribution is -2.38. The Hall–Kier alpha value is -1.71. The lowest BCUT2D eigenvalue weighted by molar-refractivity contribution is 0.414. The second-order valence-corrected chi connectivity index (χ2v) is 5.18. The van der Waals surface area contributed by atoms with Crippen LogP contribution in [-0.2, 0) is 0 Å². The second-order valence-electron chi connectivity index (χ2n) is 5.18. The van der Waals surface area contributed by atoms with Crippen LogP contribution in [0.15, 0.2) is 29.3 Å². The van der Waals surface area contributed by atoms with Crippen molar-refractivity contribution in [1.29, 1.82) is 0 Å². The Balaban J connectivity index is 2.42. The fourth-order valence-corrected chi connectivity index (χ4v) is 1.88. The first-order valence-corrected chi connectivity index (χ1v) is 7.27. The van der Waals surface area contributed by atoms with Crippen molar-refractivity contribution in [3.05, 3.63) is 29.8 Å². The maximum atomic E-state index is 5.84. The van der Waals surface area contributed by atoms with Crippen molar-refractivity contribution < 1.29 is 4.74 Å². The Morgan fingerprint density at radius 3 is 2.50 bits per heavy atom. The molecule has 0 aliphatic rings. The molecule has 4 heteroatoms. The molecule has 1 rings (SSSR count). The smallest absolute Gasteiger partial charge is 0.188 e. The van der Waals surface area contributed by atoms with Crippen molar-refractivity contribution in [3.63, 3.8) is 0 Å². The van der Waals surface area contributed by atoms with Crippen LogP contribution in [-0.4, -0.2) is 25.7 Å². The predicted molar refractivity (Wildman–Crippen MR) is 85.4 cm³/mol. The van der Waals surface area contributed by atoms with Crippen LogP contribution in [0.25, 0.3) is 0 Å². The average molecular weight is 277 g/mol. The summed E-state index contributed by atoms with van der Waals surface area (Å²) in [6.45, 7) is 7.16. The van der Waals surface area contributed by atoms with Crippen molar-refractivity contribution in [1.82, 2.24) is 5.32 Å². The molecule has 0 amide bonds. The van der Waals surface area contributed by atoms with Crippen molar-refractivity contribution in [2.24, 2.45) is 10.7 Å². The summed E-state index contributed by atoms with van der Waals surface area (Å²) in [7, 11) is 1.68. The number of hydrogen-bond acceptors (Lipinski definition) is 2. The van der Waals surface area contributed by atoms with Gasteiger partial charge in [-0.15, -0.1) is 0 Å². The summed E-state index contributed by atoms with van der Waals surface area (Å²) in [6, 6.07) is 8.57. The molecule has 112 valence electrons. The van der Waals surface area contributed by atoms with Gasteiger partial charge in [0.2, 0.25) is 0 Å². The van der Waals surface area contributed by atoms with E-state index >= 15 is 0 Å². The number of nitrogens with zero attached hydrogens (tertiary/aromatic N) is 1. The molecule has 0 heterocycles. The number of ether oxygens (including phenoxy) is 1. The van der Waals surface area contributed by atoms with Crippen LogP contribution in [0.4, 0.5) is 0 Å². The number of nitrogens with two attached hydrogens (primary N) is 1. The number of methoxy groups -OCH3 is 1. The average Bonchev–Trinajstić information content (AvgIpc) is 2.47. The number of guanidine groups is 1. The summed E-state index contributed by atoms with van der Waals surface area (Å²) < 4.78 is 5.16. The van der Waals surface area contributed by atoms with Crippen LogP contribution < -0.4 is 15.8 Å². The van der Waals surface area contributed by atoms with Crippen molar-refractivity contribution in [3.8, 4) is 5.75 Å². The third kappa shape index (κ3) is 5.51. The van der Waals surface area contributed by atoms with E-state index in [1.165, 1.54) is 5.56 Å². The van der Waals surface area contributed by atoms with Crippen molar-refractivity contribution >= 4 is 5.96 Å². The molecule has 3 N–H and O–H groups in total. The highest BCUT2D eigenvalue weighted by molar-refractivity contribution is 5.78. The molecule has 2 unspecified atom stereocenters. The molecule has 0 aliphatic carbocycles. The first-order chi connectivity index (χ1) is 9.56. The summed E-state index contributed by atoms with van der Waals surface area (Å²) in [5.41, 5.74) is 7.14. The van der Waals surface area contributed by atoms with Crippen LogP contribution in [0.1, 0.15) is 45.1 Å². The lowest BCUT2D eigenvalue weighted by atomic mass is 9.98. The van der Waals surface area contributed by atoms with Gasteiger partial charge < -0.3 is 15.8 Å². The van der Waals surface area contributed by atoms with Gasteiger partial charge in [-0.1, -0.05) is 26.0 Å². The fraction of sp³-hybridized carbons (Fsp3) is 0.562. The number of rotatable bonds is 7. The Kier molecular flexibility index (Phi) is 6.91. The molecule has 2 atom stereocenters. The normalized spacial score (nSPS) is 14.7. The Labute approximate surface area is 122 Å². The minimum absolute atomic E-state index is 0.373. The Morgan fingerprint density at radius 1 is 1.30 bits per heavy atom. The first-order valence-electron chi connectivity index (χ1n) is 7.27. The van der Waals surface area contributed by atoms with Gasteiger partial charge in [0, 0.05) is 12.6 Å². The molecule has 20 heavy (non-hydrogen) atoms. The van der Waals surface area contributed by atoms with E-state index in [0.717, 1.165) is 25.1 Å². The summed E-state index contributed by atoms with van der Waals surface area (Å²) in [5.74, 6) is 1.89. The molecule has 0 saturated carbocycles. The van der Waals surface area contributed by atoms with Gasteiger partial charge in [0.15, 0.2) is 5.96 Å². The monoisotopic (exact) mass is 277 g/mol. The van der Waals surface area contributed by atoms with Crippen LogP contribution in [0, 0.1) is 0 Å². The number of benzene rings is 1. The molecule has 0 aliphatic heterocycles. The summed E-state index contributed by atoms with van der Waals surface area (Å²) in [5, 5.41) is 3.17. The van der Waals surface area contributed by atoms with E-state index in [2.05, 4.69) is 43.2 Å². The van der Waals surface area contributed by atoms with Crippen LogP contribution in [0.3, 0.4) is 0 Å². The molecule has 1 aromatic rings. The summed E-state index contributed by atoms with van der Waals surface area (Å²) in [6.07, 6.45) is 2.02. The molecule has 0 fully saturated rings. The van der Waals surface area contributed by atoms with Gasteiger partial charge in [-0.05, 0) is 43.4 Å². The highest BCUT2D eigenvalue weighted by Gasteiger charge is 2.05. The molecule has 0 aromatic heterocycles. The largest absolute Gasteiger partial charge is 0.497 e. The maximum Gasteiger partial charge on any atom is 0.188 e. The van der Waals surface area contributed by atoms with E-state index in [1.54, 1.807) is 7.11 Å². The highest BCUT2D eigenvalue weighted by atomic mass is 16.5. The van der Waals surface area contributed by atoms with E-state index in [0.29, 0.717) is 17.9 Å². The summed E-state index contributed by atoms with van der Waals surface area (Å²) in [4.78, 5) is 4.37. The molecular formula is C16H27N3O. The van der Waals surface area contributed by atoms with Gasteiger partial charge in [-0.3, -0.25) is 4.99 Å². The van der Waals surface area contributed by atoms with Gasteiger partial charge >= 0.3 is 0 Å². The second kappa shape index (κ2) is 8.46. The van der Waals surface area contributed by atoms with E-state index in [9.17, 15) is 0 Å². The Morgan fingerprint density at radius 2 is 1.95 bits per heavy atom. The highest BCUT2D eigenvalue weighted by Crippen LogP contribution is 2.21. The fourth-order valence-electron chi connectivity index (χ4n) is 1.88. The van der Waals surface area contributed by atoms with Crippen molar-refractivity contribution in [2.45, 2.75) is 45.6 Å². The molecule has 0 bridgehead atoms. The van der Waals surface area contributed by atoms with Crippen LogP contribution in [0.2, 0.25) is 0 Å². The number of hydrogen-bond donors (Lipinski definition) is 2. The standard InChI is InChI=1S/C16H27N3O/c1-5-13(3)19-16(17)18-11-10-12(2)14-6-8-15(20-4)9-7-14/h6-9,12-13H,5,10-11H2,1-4H3,(H3,17,18,19). The zero-order valence-electron chi connectivity index (χ0n) is 13.0. The van der Waals surface area contributed by atoms with Crippen LogP contribution >= 0.6 is 0 Å². The third-order valence-electron chi connectivity index (χ3n) is 3.54. The molecule has 0 spiro atoms. The quantitative estimate of drug-likeness (QED) is 0.595. The first kappa shape index (κ1) is 16.3. The van der Waals surface area contributed by atoms with E-state index in [4.69, 9.17) is 10.5 Å². The van der Waals surface area contributed by atoms with E-state index in [1.807, 2.05) is 12.1 Å². The predicted octanol–water partition coefficient (Wildman–Crippen LogP) is 2.89. The molecule has 0 saturated heterocycles. The zero-order valence-corrected chi connectivity index (χ0v) is 13.0. The number of nitrogens with one attached hydrogen (secondary N) is 1. The van der Waals surface area contributed by atoms with Gasteiger partial charge in [0.1, 0.15) is 5.75 Å². The molecule has 4 nitrogen and oxygen atoms in total. The van der Waals surface area contributed by atoms with Crippen molar-refractivity contribution in [2.75, 3.05) is 13.7 Å². The minimum Gasteiger partial charge on any atom is -0.497 e. The third-order valence-corrected chi connectivity index (χ3v) is 3.54. The maximum absolute atomic E-state index is 5.84. The van der Waals surface area contributed by atoms with E-state index in [-0.39, 0.29) is 0 Å². The molecular weight excluding hydrogens is 250 g/mol. The van der Waals surface area contributed by atoms with Gasteiger partial charge in [-0.2, -0.15) is 0 Å². The Bertz CT molecular complexity index is 414.